The van der Waals surface area contributed by atoms with Gasteiger partial charge in [-0.2, -0.15) is 0 Å². The number of likely N-dealkylation sites (tertiary alicyclic amines) is 1. The molecule has 0 spiro atoms. The third-order valence-corrected chi connectivity index (χ3v) is 6.75. The van der Waals surface area contributed by atoms with Crippen LogP contribution in [0.15, 0.2) is 36.5 Å². The fourth-order valence-electron chi connectivity index (χ4n) is 3.59. The normalized spacial score (nSPS) is 16.2. The summed E-state index contributed by atoms with van der Waals surface area (Å²) in [4.78, 5) is 32.3. The molecule has 1 aliphatic rings. The van der Waals surface area contributed by atoms with Crippen molar-refractivity contribution in [1.82, 2.24) is 15.2 Å². The number of ether oxygens (including phenoxy) is 1. The molecule has 3 aromatic rings. The summed E-state index contributed by atoms with van der Waals surface area (Å²) in [7, 11) is 0. The smallest absolute Gasteiger partial charge is 0.410 e. The summed E-state index contributed by atoms with van der Waals surface area (Å²) < 4.78 is 20.7. The zero-order valence-electron chi connectivity index (χ0n) is 18.4. The number of halogens is 2. The Labute approximate surface area is 208 Å². The minimum Gasteiger partial charge on any atom is -0.444 e. The van der Waals surface area contributed by atoms with Crippen LogP contribution < -0.4 is 10.6 Å². The molecule has 0 bridgehead atoms. The van der Waals surface area contributed by atoms with Crippen LogP contribution in [-0.4, -0.2) is 46.6 Å². The summed E-state index contributed by atoms with van der Waals surface area (Å²) in [6, 6.07) is 8.25. The Balaban J connectivity index is 1.54. The predicted octanol–water partition coefficient (Wildman–Crippen LogP) is 5.52. The molecule has 33 heavy (non-hydrogen) atoms. The van der Waals surface area contributed by atoms with Crippen LogP contribution in [0.5, 0.6) is 0 Å². The van der Waals surface area contributed by atoms with Gasteiger partial charge in [0.15, 0.2) is 0 Å². The van der Waals surface area contributed by atoms with Crippen molar-refractivity contribution in [3.8, 4) is 0 Å². The van der Waals surface area contributed by atoms with Crippen LogP contribution >= 0.6 is 33.9 Å². The van der Waals surface area contributed by atoms with Crippen molar-refractivity contribution < 1.29 is 18.7 Å². The quantitative estimate of drug-likeness (QED) is 0.396. The molecule has 1 atom stereocenters. The number of aromatic nitrogens is 1. The van der Waals surface area contributed by atoms with Gasteiger partial charge in [-0.25, -0.2) is 14.2 Å². The minimum absolute atomic E-state index is 0.209. The number of nitrogens with one attached hydrogen (secondary N) is 2. The van der Waals surface area contributed by atoms with Crippen molar-refractivity contribution in [3.05, 3.63) is 51.5 Å². The molecule has 0 aliphatic carbocycles. The van der Waals surface area contributed by atoms with E-state index in [0.29, 0.717) is 40.3 Å². The number of thiophene rings is 1. The average molecular weight is 582 g/mol. The lowest BCUT2D eigenvalue weighted by molar-refractivity contribution is 0.0290. The van der Waals surface area contributed by atoms with Crippen molar-refractivity contribution in [2.24, 2.45) is 0 Å². The Kier molecular flexibility index (Phi) is 6.76. The van der Waals surface area contributed by atoms with Crippen LogP contribution in [0.2, 0.25) is 0 Å². The number of nitrogens with zero attached hydrogens (tertiary/aromatic N) is 2. The van der Waals surface area contributed by atoms with Gasteiger partial charge in [0, 0.05) is 34.3 Å². The zero-order chi connectivity index (χ0) is 23.8. The molecule has 1 aromatic carbocycles. The maximum atomic E-state index is 14.5. The van der Waals surface area contributed by atoms with Crippen molar-refractivity contribution in [1.29, 1.82) is 0 Å². The van der Waals surface area contributed by atoms with E-state index in [1.165, 1.54) is 17.4 Å². The SMILES string of the molecule is CC(C)(C)OC(=O)N1CC[C@H](NC(=O)c2c(Nc3ccc(I)cc3F)sc3ncccc23)C1. The van der Waals surface area contributed by atoms with E-state index in [1.807, 2.05) is 49.4 Å². The van der Waals surface area contributed by atoms with Crippen LogP contribution in [0.25, 0.3) is 10.2 Å². The molecule has 4 rings (SSSR count). The molecular formula is C23H24FIN4O3S. The highest BCUT2D eigenvalue weighted by Crippen LogP contribution is 2.37. The van der Waals surface area contributed by atoms with Gasteiger partial charge in [0.2, 0.25) is 0 Å². The van der Waals surface area contributed by atoms with Crippen molar-refractivity contribution >= 4 is 66.8 Å². The number of rotatable bonds is 4. The molecule has 2 aromatic heterocycles. The number of pyridine rings is 1. The highest BCUT2D eigenvalue weighted by Gasteiger charge is 2.32. The lowest BCUT2D eigenvalue weighted by Crippen LogP contribution is -2.40. The Morgan fingerprint density at radius 1 is 1.30 bits per heavy atom. The third kappa shape index (κ3) is 5.55. The monoisotopic (exact) mass is 582 g/mol. The first-order valence-corrected chi connectivity index (χ1v) is 12.4. The summed E-state index contributed by atoms with van der Waals surface area (Å²) >= 11 is 3.34. The van der Waals surface area contributed by atoms with Crippen LogP contribution in [0.3, 0.4) is 0 Å². The summed E-state index contributed by atoms with van der Waals surface area (Å²) in [6.07, 6.45) is 1.90. The van der Waals surface area contributed by atoms with Crippen molar-refractivity contribution in [2.75, 3.05) is 18.4 Å². The standard InChI is InChI=1S/C23H24FIN4O3S/c1-23(2,3)32-22(31)29-10-8-14(12-29)27-19(30)18-15-5-4-9-26-20(15)33-21(18)28-17-7-6-13(25)11-16(17)24/h4-7,9,11,14,28H,8,10,12H2,1-3H3,(H,27,30)/t14-/m0/s1. The number of anilines is 2. The second-order valence-electron chi connectivity index (χ2n) is 8.80. The minimum atomic E-state index is -0.577. The van der Waals surface area contributed by atoms with E-state index in [0.717, 1.165) is 3.57 Å². The number of carbonyl (C=O) groups excluding carboxylic acids is 2. The van der Waals surface area contributed by atoms with Gasteiger partial charge in [-0.3, -0.25) is 4.79 Å². The van der Waals surface area contributed by atoms with Crippen LogP contribution in [0.4, 0.5) is 19.9 Å². The summed E-state index contributed by atoms with van der Waals surface area (Å²) in [5, 5.41) is 7.30. The number of carbonyl (C=O) groups is 2. The molecule has 1 fully saturated rings. The molecule has 0 unspecified atom stereocenters. The topological polar surface area (TPSA) is 83.6 Å². The Morgan fingerprint density at radius 2 is 2.09 bits per heavy atom. The van der Waals surface area contributed by atoms with E-state index in [2.05, 4.69) is 15.6 Å². The highest BCUT2D eigenvalue weighted by atomic mass is 127. The van der Waals surface area contributed by atoms with E-state index in [4.69, 9.17) is 4.74 Å². The highest BCUT2D eigenvalue weighted by molar-refractivity contribution is 14.1. The summed E-state index contributed by atoms with van der Waals surface area (Å²) in [5.74, 6) is -0.693. The lowest BCUT2D eigenvalue weighted by atomic mass is 10.1. The predicted molar refractivity (Wildman–Crippen MR) is 136 cm³/mol. The van der Waals surface area contributed by atoms with E-state index in [-0.39, 0.29) is 23.7 Å². The van der Waals surface area contributed by atoms with Crippen LogP contribution in [-0.2, 0) is 4.74 Å². The first-order valence-electron chi connectivity index (χ1n) is 10.5. The number of hydrogen-bond donors (Lipinski definition) is 2. The van der Waals surface area contributed by atoms with Crippen molar-refractivity contribution in [3.63, 3.8) is 0 Å². The van der Waals surface area contributed by atoms with Gasteiger partial charge in [-0.15, -0.1) is 0 Å². The molecule has 3 heterocycles. The Morgan fingerprint density at radius 3 is 2.82 bits per heavy atom. The average Bonchev–Trinajstić information content (AvgIpc) is 3.33. The first-order chi connectivity index (χ1) is 15.6. The second-order valence-corrected chi connectivity index (χ2v) is 11.0. The van der Waals surface area contributed by atoms with Gasteiger partial charge >= 0.3 is 6.09 Å². The number of amides is 2. The van der Waals surface area contributed by atoms with E-state index in [9.17, 15) is 14.0 Å². The van der Waals surface area contributed by atoms with Gasteiger partial charge < -0.3 is 20.3 Å². The van der Waals surface area contributed by atoms with E-state index < -0.39 is 11.4 Å². The van der Waals surface area contributed by atoms with Crippen molar-refractivity contribution in [2.45, 2.75) is 38.8 Å². The molecule has 2 N–H and O–H groups in total. The van der Waals surface area contributed by atoms with E-state index in [1.54, 1.807) is 29.3 Å². The number of hydrogen-bond acceptors (Lipinski definition) is 6. The number of fused-ring (bicyclic) bond motifs is 1. The molecule has 174 valence electrons. The molecule has 1 saturated heterocycles. The second kappa shape index (κ2) is 9.41. The molecule has 0 saturated carbocycles. The van der Waals surface area contributed by atoms with Gasteiger partial charge in [-0.05, 0) is 80.1 Å². The largest absolute Gasteiger partial charge is 0.444 e. The lowest BCUT2D eigenvalue weighted by Gasteiger charge is -2.24. The maximum absolute atomic E-state index is 14.5. The molecular weight excluding hydrogens is 558 g/mol. The van der Waals surface area contributed by atoms with Crippen LogP contribution in [0, 0.1) is 9.39 Å². The summed E-state index contributed by atoms with van der Waals surface area (Å²) in [6.45, 7) is 6.34. The van der Waals surface area contributed by atoms with E-state index >= 15 is 0 Å². The molecule has 7 nitrogen and oxygen atoms in total. The van der Waals surface area contributed by atoms with Gasteiger partial charge in [0.25, 0.3) is 5.91 Å². The fraction of sp³-hybridized carbons (Fsp3) is 0.348. The zero-order valence-corrected chi connectivity index (χ0v) is 21.4. The molecule has 2 amide bonds. The molecule has 0 radical (unpaired) electrons. The fourth-order valence-corrected chi connectivity index (χ4v) is 5.09. The van der Waals surface area contributed by atoms with Gasteiger partial charge in [0.05, 0.1) is 11.3 Å². The number of benzene rings is 1. The molecule has 1 aliphatic heterocycles. The molecule has 10 heteroatoms. The van der Waals surface area contributed by atoms with Gasteiger partial charge in [0.1, 0.15) is 21.2 Å². The Hall–Kier alpha value is -2.47. The third-order valence-electron chi connectivity index (χ3n) is 5.05. The van der Waals surface area contributed by atoms with Crippen LogP contribution in [0.1, 0.15) is 37.6 Å². The summed E-state index contributed by atoms with van der Waals surface area (Å²) in [5.41, 5.74) is 0.122. The first kappa shape index (κ1) is 23.7. The van der Waals surface area contributed by atoms with Gasteiger partial charge in [-0.1, -0.05) is 11.3 Å². The maximum Gasteiger partial charge on any atom is 0.410 e. The Bertz CT molecular complexity index is 1210.